The highest BCUT2D eigenvalue weighted by Crippen LogP contribution is 2.35. The molecule has 0 bridgehead atoms. The van der Waals surface area contributed by atoms with Crippen LogP contribution in [0.25, 0.3) is 0 Å². The number of aryl methyl sites for hydroxylation is 1. The zero-order chi connectivity index (χ0) is 13.3. The van der Waals surface area contributed by atoms with Gasteiger partial charge in [0.25, 0.3) is 0 Å². The van der Waals surface area contributed by atoms with Gasteiger partial charge in [0.1, 0.15) is 0 Å². The fourth-order valence-electron chi connectivity index (χ4n) is 3.75. The molecule has 1 atom stereocenters. The van der Waals surface area contributed by atoms with Crippen LogP contribution in [0.5, 0.6) is 0 Å². The molecule has 3 rings (SSSR count). The van der Waals surface area contributed by atoms with Gasteiger partial charge in [-0.3, -0.25) is 4.90 Å². The van der Waals surface area contributed by atoms with Crippen LogP contribution < -0.4 is 5.73 Å². The number of hydrogen-bond acceptors (Lipinski definition) is 2. The number of hydrogen-bond donors (Lipinski definition) is 1. The van der Waals surface area contributed by atoms with Crippen molar-refractivity contribution < 1.29 is 0 Å². The molecular formula is C16H23BrN2. The number of fused-ring (bicyclic) bond motifs is 1. The van der Waals surface area contributed by atoms with E-state index in [1.165, 1.54) is 60.8 Å². The van der Waals surface area contributed by atoms with E-state index in [1.807, 2.05) is 0 Å². The minimum absolute atomic E-state index is 0.223. The van der Waals surface area contributed by atoms with Crippen LogP contribution in [0, 0.1) is 0 Å². The van der Waals surface area contributed by atoms with Gasteiger partial charge < -0.3 is 5.73 Å². The van der Waals surface area contributed by atoms with Gasteiger partial charge >= 0.3 is 0 Å². The molecule has 1 aliphatic carbocycles. The summed E-state index contributed by atoms with van der Waals surface area (Å²) in [6, 6.07) is 6.74. The molecule has 104 valence electrons. The predicted molar refractivity (Wildman–Crippen MR) is 83.4 cm³/mol. The van der Waals surface area contributed by atoms with Crippen LogP contribution in [0.4, 0.5) is 0 Å². The smallest absolute Gasteiger partial charge is 0.0375 e. The molecule has 1 aromatic carbocycles. The molecule has 1 unspecified atom stereocenters. The number of halogens is 1. The lowest BCUT2D eigenvalue weighted by atomic mass is 9.76. The summed E-state index contributed by atoms with van der Waals surface area (Å²) in [6.45, 7) is 3.27. The minimum Gasteiger partial charge on any atom is -0.329 e. The van der Waals surface area contributed by atoms with Crippen LogP contribution in [0.15, 0.2) is 22.7 Å². The normalized spacial score (nSPS) is 28.1. The Hall–Kier alpha value is -0.380. The highest BCUT2D eigenvalue weighted by molar-refractivity contribution is 9.10. The Balaban J connectivity index is 1.86. The molecule has 0 radical (unpaired) electrons. The van der Waals surface area contributed by atoms with E-state index in [-0.39, 0.29) is 5.54 Å². The van der Waals surface area contributed by atoms with E-state index in [4.69, 9.17) is 5.73 Å². The second kappa shape index (κ2) is 5.55. The standard InChI is InChI=1S/C16H23BrN2/c17-15-5-4-14-11-16(12-18,7-6-13(14)10-15)19-8-2-1-3-9-19/h4-5,10H,1-3,6-9,11-12,18H2. The number of benzene rings is 1. The first kappa shape index (κ1) is 13.6. The van der Waals surface area contributed by atoms with Gasteiger partial charge in [0.05, 0.1) is 0 Å². The molecule has 3 heteroatoms. The van der Waals surface area contributed by atoms with Gasteiger partial charge in [-0.25, -0.2) is 0 Å². The van der Waals surface area contributed by atoms with Crippen LogP contribution in [0.3, 0.4) is 0 Å². The Morgan fingerprint density at radius 3 is 2.68 bits per heavy atom. The van der Waals surface area contributed by atoms with Crippen LogP contribution in [0.2, 0.25) is 0 Å². The number of likely N-dealkylation sites (tertiary alicyclic amines) is 1. The third-order valence-electron chi connectivity index (χ3n) is 4.95. The first-order valence-electron chi connectivity index (χ1n) is 7.46. The molecule has 0 spiro atoms. The summed E-state index contributed by atoms with van der Waals surface area (Å²) >= 11 is 3.58. The van der Waals surface area contributed by atoms with E-state index in [1.54, 1.807) is 0 Å². The molecule has 1 saturated heterocycles. The third-order valence-corrected chi connectivity index (χ3v) is 5.45. The Bertz CT molecular complexity index is 454. The SMILES string of the molecule is NCC1(N2CCCCC2)CCc2cc(Br)ccc2C1. The van der Waals surface area contributed by atoms with E-state index >= 15 is 0 Å². The highest BCUT2D eigenvalue weighted by atomic mass is 79.9. The van der Waals surface area contributed by atoms with Crippen molar-refractivity contribution in [1.82, 2.24) is 4.90 Å². The Labute approximate surface area is 124 Å². The van der Waals surface area contributed by atoms with Gasteiger partial charge in [-0.15, -0.1) is 0 Å². The second-order valence-corrected chi connectivity index (χ2v) is 6.98. The Kier molecular flexibility index (Phi) is 3.97. The Morgan fingerprint density at radius 1 is 1.16 bits per heavy atom. The van der Waals surface area contributed by atoms with Crippen molar-refractivity contribution in [3.8, 4) is 0 Å². The lowest BCUT2D eigenvalue weighted by molar-refractivity contribution is 0.0598. The van der Waals surface area contributed by atoms with Gasteiger partial charge in [0, 0.05) is 16.6 Å². The molecular weight excluding hydrogens is 300 g/mol. The summed E-state index contributed by atoms with van der Waals surface area (Å²) in [5.74, 6) is 0. The van der Waals surface area contributed by atoms with Crippen LogP contribution in [0.1, 0.15) is 36.8 Å². The molecule has 0 amide bonds. The number of nitrogens with zero attached hydrogens (tertiary/aromatic N) is 1. The van der Waals surface area contributed by atoms with E-state index < -0.39 is 0 Å². The predicted octanol–water partition coefficient (Wildman–Crippen LogP) is 3.12. The average molecular weight is 323 g/mol. The van der Waals surface area contributed by atoms with E-state index in [0.29, 0.717) is 0 Å². The first-order valence-corrected chi connectivity index (χ1v) is 8.25. The molecule has 0 saturated carbocycles. The van der Waals surface area contributed by atoms with Crippen molar-refractivity contribution >= 4 is 15.9 Å². The van der Waals surface area contributed by atoms with Gasteiger partial charge in [-0.1, -0.05) is 28.4 Å². The van der Waals surface area contributed by atoms with Gasteiger partial charge in [0.2, 0.25) is 0 Å². The zero-order valence-corrected chi connectivity index (χ0v) is 13.1. The maximum absolute atomic E-state index is 6.21. The fourth-order valence-corrected chi connectivity index (χ4v) is 4.16. The van der Waals surface area contributed by atoms with E-state index in [9.17, 15) is 0 Å². The molecule has 1 aliphatic heterocycles. The van der Waals surface area contributed by atoms with Crippen molar-refractivity contribution in [2.24, 2.45) is 5.73 Å². The van der Waals surface area contributed by atoms with Crippen molar-refractivity contribution in [2.75, 3.05) is 19.6 Å². The van der Waals surface area contributed by atoms with E-state index in [2.05, 4.69) is 39.0 Å². The third kappa shape index (κ3) is 2.61. The van der Waals surface area contributed by atoms with Crippen molar-refractivity contribution in [3.05, 3.63) is 33.8 Å². The topological polar surface area (TPSA) is 29.3 Å². The molecule has 1 aromatic rings. The molecule has 2 nitrogen and oxygen atoms in total. The summed E-state index contributed by atoms with van der Waals surface area (Å²) in [4.78, 5) is 2.68. The first-order chi connectivity index (χ1) is 9.23. The monoisotopic (exact) mass is 322 g/mol. The molecule has 2 aliphatic rings. The average Bonchev–Trinajstić information content (AvgIpc) is 2.48. The van der Waals surface area contributed by atoms with Crippen LogP contribution >= 0.6 is 15.9 Å². The van der Waals surface area contributed by atoms with Crippen molar-refractivity contribution in [2.45, 2.75) is 44.1 Å². The lowest BCUT2D eigenvalue weighted by Gasteiger charge is -2.48. The van der Waals surface area contributed by atoms with Crippen molar-refractivity contribution in [1.29, 1.82) is 0 Å². The highest BCUT2D eigenvalue weighted by Gasteiger charge is 2.38. The second-order valence-electron chi connectivity index (χ2n) is 6.07. The summed E-state index contributed by atoms with van der Waals surface area (Å²) in [5.41, 5.74) is 9.44. The summed E-state index contributed by atoms with van der Waals surface area (Å²) < 4.78 is 1.20. The summed E-state index contributed by atoms with van der Waals surface area (Å²) in [5, 5.41) is 0. The van der Waals surface area contributed by atoms with Gasteiger partial charge in [-0.2, -0.15) is 0 Å². The largest absolute Gasteiger partial charge is 0.329 e. The number of nitrogens with two attached hydrogens (primary N) is 1. The molecule has 1 fully saturated rings. The summed E-state index contributed by atoms with van der Waals surface area (Å²) in [6.07, 6.45) is 7.59. The molecule has 0 aromatic heterocycles. The lowest BCUT2D eigenvalue weighted by Crippen LogP contribution is -2.58. The minimum atomic E-state index is 0.223. The van der Waals surface area contributed by atoms with Crippen molar-refractivity contribution in [3.63, 3.8) is 0 Å². The van der Waals surface area contributed by atoms with E-state index in [0.717, 1.165) is 13.0 Å². The fraction of sp³-hybridized carbons (Fsp3) is 0.625. The Morgan fingerprint density at radius 2 is 1.95 bits per heavy atom. The van der Waals surface area contributed by atoms with Gasteiger partial charge in [0.15, 0.2) is 0 Å². The molecule has 2 N–H and O–H groups in total. The zero-order valence-electron chi connectivity index (χ0n) is 11.5. The number of piperidine rings is 1. The van der Waals surface area contributed by atoms with Gasteiger partial charge in [-0.05, 0) is 68.5 Å². The maximum Gasteiger partial charge on any atom is 0.0375 e. The quantitative estimate of drug-likeness (QED) is 0.906. The molecule has 19 heavy (non-hydrogen) atoms. The maximum atomic E-state index is 6.21. The summed E-state index contributed by atoms with van der Waals surface area (Å²) in [7, 11) is 0. The van der Waals surface area contributed by atoms with Crippen LogP contribution in [-0.4, -0.2) is 30.1 Å². The van der Waals surface area contributed by atoms with Crippen LogP contribution in [-0.2, 0) is 12.8 Å². The molecule has 1 heterocycles. The number of rotatable bonds is 2.